The molecule has 0 bridgehead atoms. The summed E-state index contributed by atoms with van der Waals surface area (Å²) in [5.41, 5.74) is 0. The minimum Gasteiger partial charge on any atom is -0.395 e. The molecule has 0 spiro atoms. The van der Waals surface area contributed by atoms with Gasteiger partial charge < -0.3 is 10.0 Å². The second-order valence-corrected chi connectivity index (χ2v) is 4.71. The molecule has 0 aromatic heterocycles. The van der Waals surface area contributed by atoms with Crippen LogP contribution >= 0.6 is 0 Å². The molecule has 1 aliphatic rings. The molecule has 1 rings (SSSR count). The number of aliphatic hydroxyl groups is 1. The van der Waals surface area contributed by atoms with Gasteiger partial charge in [0.2, 0.25) is 5.91 Å². The van der Waals surface area contributed by atoms with Crippen molar-refractivity contribution in [2.45, 2.75) is 32.1 Å². The lowest BCUT2D eigenvalue weighted by atomic mass is 10.2. The predicted molar refractivity (Wildman–Crippen MR) is 72.0 cm³/mol. The van der Waals surface area contributed by atoms with Gasteiger partial charge in [0.1, 0.15) is 0 Å². The number of hydrogen-bond acceptors (Lipinski definition) is 3. The van der Waals surface area contributed by atoms with Gasteiger partial charge in [-0.05, 0) is 25.8 Å². The first kappa shape index (κ1) is 15.0. The fourth-order valence-electron chi connectivity index (χ4n) is 2.25. The number of carbonyl (C=O) groups is 1. The highest BCUT2D eigenvalue weighted by molar-refractivity contribution is 5.76. The molecule has 0 atom stereocenters. The van der Waals surface area contributed by atoms with Gasteiger partial charge in [0, 0.05) is 39.0 Å². The fourth-order valence-corrected chi connectivity index (χ4v) is 2.25. The summed E-state index contributed by atoms with van der Waals surface area (Å²) in [4.78, 5) is 16.2. The summed E-state index contributed by atoms with van der Waals surface area (Å²) in [5.74, 6) is 2.84. The number of carbonyl (C=O) groups excluding carboxylic acids is 1. The molecule has 0 radical (unpaired) electrons. The lowest BCUT2D eigenvalue weighted by molar-refractivity contribution is -0.131. The molecule has 4 heteroatoms. The molecule has 1 heterocycles. The molecule has 0 aromatic rings. The summed E-state index contributed by atoms with van der Waals surface area (Å²) < 4.78 is 0. The van der Waals surface area contributed by atoms with Crippen molar-refractivity contribution in [2.24, 2.45) is 0 Å². The van der Waals surface area contributed by atoms with Crippen LogP contribution in [0.1, 0.15) is 32.1 Å². The van der Waals surface area contributed by atoms with E-state index in [1.54, 1.807) is 0 Å². The molecule has 1 N–H and O–H groups in total. The molecule has 0 saturated carbocycles. The van der Waals surface area contributed by atoms with Gasteiger partial charge in [-0.25, -0.2) is 0 Å². The minimum atomic E-state index is 0.194. The van der Waals surface area contributed by atoms with E-state index in [2.05, 4.69) is 10.8 Å². The predicted octanol–water partition coefficient (Wildman–Crippen LogP) is 0.707. The molecule has 4 nitrogen and oxygen atoms in total. The molecule has 0 aromatic carbocycles. The maximum atomic E-state index is 12.0. The monoisotopic (exact) mass is 252 g/mol. The minimum absolute atomic E-state index is 0.194. The summed E-state index contributed by atoms with van der Waals surface area (Å²) in [5, 5.41) is 8.91. The third-order valence-electron chi connectivity index (χ3n) is 3.32. The number of amides is 1. The van der Waals surface area contributed by atoms with Gasteiger partial charge in [0.15, 0.2) is 0 Å². The third kappa shape index (κ3) is 5.52. The average Bonchev–Trinajstić information content (AvgIpc) is 2.61. The quantitative estimate of drug-likeness (QED) is 0.559. The number of hydrogen-bond donors (Lipinski definition) is 1. The zero-order valence-electron chi connectivity index (χ0n) is 11.1. The van der Waals surface area contributed by atoms with Crippen LogP contribution in [-0.4, -0.2) is 60.1 Å². The van der Waals surface area contributed by atoms with Gasteiger partial charge in [-0.1, -0.05) is 0 Å². The first-order valence-electron chi connectivity index (χ1n) is 6.82. The van der Waals surface area contributed by atoms with Gasteiger partial charge >= 0.3 is 0 Å². The van der Waals surface area contributed by atoms with E-state index in [1.165, 1.54) is 0 Å². The Labute approximate surface area is 110 Å². The topological polar surface area (TPSA) is 43.8 Å². The molecule has 1 saturated heterocycles. The second-order valence-electron chi connectivity index (χ2n) is 4.71. The van der Waals surface area contributed by atoms with Gasteiger partial charge in [-0.3, -0.25) is 9.69 Å². The zero-order chi connectivity index (χ0) is 13.2. The largest absolute Gasteiger partial charge is 0.395 e. The third-order valence-corrected chi connectivity index (χ3v) is 3.32. The van der Waals surface area contributed by atoms with E-state index in [0.29, 0.717) is 13.0 Å². The molecule has 1 amide bonds. The van der Waals surface area contributed by atoms with Crippen LogP contribution in [0.2, 0.25) is 0 Å². The first-order chi connectivity index (χ1) is 8.77. The normalized spacial score (nSPS) is 17.2. The van der Waals surface area contributed by atoms with Crippen LogP contribution in [-0.2, 0) is 4.79 Å². The molecule has 18 heavy (non-hydrogen) atoms. The van der Waals surface area contributed by atoms with E-state index in [4.69, 9.17) is 11.5 Å². The number of rotatable bonds is 6. The number of aliphatic hydroxyl groups excluding tert-OH is 1. The van der Waals surface area contributed by atoms with Crippen LogP contribution < -0.4 is 0 Å². The Morgan fingerprint density at radius 2 is 2.06 bits per heavy atom. The molecule has 102 valence electrons. The van der Waals surface area contributed by atoms with Crippen molar-refractivity contribution in [2.75, 3.05) is 39.3 Å². The second kappa shape index (κ2) is 8.96. The summed E-state index contributed by atoms with van der Waals surface area (Å²) in [7, 11) is 0. The number of β-amino-alcohol motifs (C(OH)–C–C–N with tert-alkyl or cyclic N) is 1. The van der Waals surface area contributed by atoms with E-state index >= 15 is 0 Å². The van der Waals surface area contributed by atoms with Gasteiger partial charge in [-0.15, -0.1) is 12.3 Å². The number of nitrogens with zero attached hydrogens (tertiary/aromatic N) is 2. The summed E-state index contributed by atoms with van der Waals surface area (Å²) in [6, 6.07) is 0. The highest BCUT2D eigenvalue weighted by atomic mass is 16.3. The molecule has 0 aliphatic carbocycles. The van der Waals surface area contributed by atoms with Crippen molar-refractivity contribution in [3.63, 3.8) is 0 Å². The van der Waals surface area contributed by atoms with E-state index in [0.717, 1.165) is 51.9 Å². The van der Waals surface area contributed by atoms with Crippen LogP contribution in [0.4, 0.5) is 0 Å². The van der Waals surface area contributed by atoms with E-state index in [9.17, 15) is 4.79 Å². The van der Waals surface area contributed by atoms with Gasteiger partial charge in [0.25, 0.3) is 0 Å². The van der Waals surface area contributed by atoms with Crippen LogP contribution in [0.25, 0.3) is 0 Å². The van der Waals surface area contributed by atoms with E-state index in [1.807, 2.05) is 4.90 Å². The maximum Gasteiger partial charge on any atom is 0.222 e. The van der Waals surface area contributed by atoms with Crippen molar-refractivity contribution >= 4 is 5.91 Å². The fraction of sp³-hybridized carbons (Fsp3) is 0.786. The van der Waals surface area contributed by atoms with Crippen LogP contribution in [0, 0.1) is 12.3 Å². The molecule has 1 aliphatic heterocycles. The van der Waals surface area contributed by atoms with Crippen LogP contribution in [0.15, 0.2) is 0 Å². The lowest BCUT2D eigenvalue weighted by Gasteiger charge is -2.21. The van der Waals surface area contributed by atoms with Gasteiger partial charge in [-0.2, -0.15) is 0 Å². The van der Waals surface area contributed by atoms with Crippen molar-refractivity contribution in [3.05, 3.63) is 0 Å². The Morgan fingerprint density at radius 3 is 2.78 bits per heavy atom. The standard InChI is InChI=1S/C14H24N2O2/c1-2-3-4-5-7-14(18)16-9-6-8-15(10-11-16)12-13-17/h1,17H,3-13H2. The SMILES string of the molecule is C#CCCCCC(=O)N1CCCN(CCO)CC1. The van der Waals surface area contributed by atoms with Crippen molar-refractivity contribution < 1.29 is 9.90 Å². The zero-order valence-corrected chi connectivity index (χ0v) is 11.1. The number of terminal acetylenes is 1. The summed E-state index contributed by atoms with van der Waals surface area (Å²) >= 11 is 0. The molecule has 1 fully saturated rings. The van der Waals surface area contributed by atoms with Crippen molar-refractivity contribution in [1.29, 1.82) is 0 Å². The summed E-state index contributed by atoms with van der Waals surface area (Å²) in [6.07, 6.45) is 9.38. The maximum absolute atomic E-state index is 12.0. The van der Waals surface area contributed by atoms with Crippen molar-refractivity contribution in [3.8, 4) is 12.3 Å². The Morgan fingerprint density at radius 1 is 1.22 bits per heavy atom. The molecule has 0 unspecified atom stereocenters. The van der Waals surface area contributed by atoms with E-state index in [-0.39, 0.29) is 12.5 Å². The Bertz CT molecular complexity index is 286. The first-order valence-corrected chi connectivity index (χ1v) is 6.82. The molecular weight excluding hydrogens is 228 g/mol. The highest BCUT2D eigenvalue weighted by Gasteiger charge is 2.18. The van der Waals surface area contributed by atoms with Crippen LogP contribution in [0.5, 0.6) is 0 Å². The van der Waals surface area contributed by atoms with E-state index < -0.39 is 0 Å². The Balaban J connectivity index is 2.25. The highest BCUT2D eigenvalue weighted by Crippen LogP contribution is 2.07. The smallest absolute Gasteiger partial charge is 0.222 e. The number of unbranched alkanes of at least 4 members (excludes halogenated alkanes) is 2. The average molecular weight is 252 g/mol. The van der Waals surface area contributed by atoms with Crippen LogP contribution in [0.3, 0.4) is 0 Å². The Kier molecular flexibility index (Phi) is 7.47. The summed E-state index contributed by atoms with van der Waals surface area (Å²) in [6.45, 7) is 4.38. The Hall–Kier alpha value is -1.05. The molecular formula is C14H24N2O2. The lowest BCUT2D eigenvalue weighted by Crippen LogP contribution is -2.35. The van der Waals surface area contributed by atoms with Gasteiger partial charge in [0.05, 0.1) is 6.61 Å². The van der Waals surface area contributed by atoms with Crippen molar-refractivity contribution in [1.82, 2.24) is 9.80 Å².